The number of hydrogen-bond donors (Lipinski definition) is 0. The quantitative estimate of drug-likeness (QED) is 0.169. The first kappa shape index (κ1) is 35.8. The van der Waals surface area contributed by atoms with E-state index in [1.807, 2.05) is 18.2 Å². The van der Waals surface area contributed by atoms with Crippen molar-refractivity contribution < 1.29 is 0 Å². The van der Waals surface area contributed by atoms with Gasteiger partial charge in [-0.2, -0.15) is 0 Å². The zero-order valence-corrected chi connectivity index (χ0v) is 34.2. The van der Waals surface area contributed by atoms with Crippen molar-refractivity contribution in [1.29, 1.82) is 0 Å². The maximum Gasteiger partial charge on any atom is 0.164 e. The van der Waals surface area contributed by atoms with Crippen molar-refractivity contribution in [2.75, 3.05) is 0 Å². The Morgan fingerprint density at radius 1 is 0.483 bits per heavy atom. The summed E-state index contributed by atoms with van der Waals surface area (Å²) in [6.45, 7) is 8.79. The topological polar surface area (TPSA) is 48.5 Å². The van der Waals surface area contributed by atoms with Gasteiger partial charge in [-0.3, -0.25) is 0 Å². The Morgan fingerprint density at radius 3 is 1.83 bits per heavy atom. The molecule has 10 aromatic rings. The molecule has 0 N–H and O–H groups in total. The third-order valence-electron chi connectivity index (χ3n) is 12.1. The summed E-state index contributed by atoms with van der Waals surface area (Å²) in [6.07, 6.45) is 7.65. The molecule has 0 spiro atoms. The number of para-hydroxylation sites is 1. The summed E-state index contributed by atoms with van der Waals surface area (Å²) in [7, 11) is 0. The lowest BCUT2D eigenvalue weighted by Crippen LogP contribution is -2.04. The third kappa shape index (κ3) is 5.96. The van der Waals surface area contributed by atoms with Crippen LogP contribution in [-0.2, 0) is 0 Å². The molecule has 1 unspecified atom stereocenters. The molecule has 1 aliphatic carbocycles. The molecule has 5 nitrogen and oxygen atoms in total. The van der Waals surface area contributed by atoms with E-state index in [0.717, 1.165) is 51.1 Å². The summed E-state index contributed by atoms with van der Waals surface area (Å²) in [5, 5.41) is 4.95. The van der Waals surface area contributed by atoms with Crippen molar-refractivity contribution in [1.82, 2.24) is 24.1 Å². The Bertz CT molecular complexity index is 3320. The molecule has 5 heteroatoms. The number of benzene rings is 7. The lowest BCUT2D eigenvalue weighted by Gasteiger charge is -2.14. The van der Waals surface area contributed by atoms with E-state index in [9.17, 15) is 0 Å². The number of nitrogens with zero attached hydrogens (tertiary/aromatic N) is 5. The number of hydrogen-bond acceptors (Lipinski definition) is 3. The molecule has 1 aliphatic rings. The van der Waals surface area contributed by atoms with Gasteiger partial charge in [-0.05, 0) is 117 Å². The molecule has 7 aromatic carbocycles. The Labute approximate surface area is 349 Å². The number of rotatable bonds is 6. The smallest absolute Gasteiger partial charge is 0.164 e. The van der Waals surface area contributed by atoms with Gasteiger partial charge in [0.1, 0.15) is 0 Å². The van der Waals surface area contributed by atoms with E-state index in [1.165, 1.54) is 54.8 Å². The number of aryl methyl sites for hydroxylation is 3. The highest BCUT2D eigenvalue weighted by Crippen LogP contribution is 2.42. The van der Waals surface area contributed by atoms with Crippen molar-refractivity contribution in [3.8, 4) is 45.3 Å². The Hall–Kier alpha value is -7.37. The first-order chi connectivity index (χ1) is 29.4. The Morgan fingerprint density at radius 2 is 1.12 bits per heavy atom. The second-order valence-electron chi connectivity index (χ2n) is 16.4. The molecule has 0 bridgehead atoms. The van der Waals surface area contributed by atoms with Crippen molar-refractivity contribution >= 4 is 49.2 Å². The van der Waals surface area contributed by atoms with Gasteiger partial charge in [0.15, 0.2) is 17.5 Å². The predicted octanol–water partition coefficient (Wildman–Crippen LogP) is 14.0. The predicted molar refractivity (Wildman–Crippen MR) is 250 cm³/mol. The van der Waals surface area contributed by atoms with Crippen LogP contribution >= 0.6 is 0 Å². The van der Waals surface area contributed by atoms with Gasteiger partial charge in [-0.25, -0.2) is 15.0 Å². The number of aromatic nitrogens is 5. The molecule has 0 saturated heterocycles. The number of allylic oxidation sites excluding steroid dienone is 4. The summed E-state index contributed by atoms with van der Waals surface area (Å²) < 4.78 is 4.84. The molecule has 0 aliphatic heterocycles. The van der Waals surface area contributed by atoms with Crippen LogP contribution in [0.1, 0.15) is 35.9 Å². The second-order valence-corrected chi connectivity index (χ2v) is 16.4. The van der Waals surface area contributed by atoms with Crippen molar-refractivity contribution in [2.45, 2.75) is 34.1 Å². The van der Waals surface area contributed by atoms with Crippen LogP contribution in [0.15, 0.2) is 170 Å². The maximum atomic E-state index is 5.16. The average Bonchev–Trinajstić information content (AvgIpc) is 3.78. The molecule has 11 rings (SSSR count). The molecule has 0 amide bonds. The molecule has 0 radical (unpaired) electrons. The van der Waals surface area contributed by atoms with E-state index < -0.39 is 0 Å². The SMILES string of the molecule is Cc1ccc2c(c1)c1cc(C)ccc1n2-c1ccc2c(c1)c1c(-c3cc(-c4nc(C5=CC(C)CC=C5)nc(-c5ccccc5)n4)ccc3C)cccc1n2-c1ccccc1. The van der Waals surface area contributed by atoms with Gasteiger partial charge >= 0.3 is 0 Å². The lowest BCUT2D eigenvalue weighted by molar-refractivity contribution is 0.738. The number of fused-ring (bicyclic) bond motifs is 6. The van der Waals surface area contributed by atoms with Crippen LogP contribution in [0.4, 0.5) is 0 Å². The first-order valence-electron chi connectivity index (χ1n) is 20.8. The van der Waals surface area contributed by atoms with E-state index >= 15 is 0 Å². The molecular weight excluding hydrogens is 731 g/mol. The second kappa shape index (κ2) is 14.2. The van der Waals surface area contributed by atoms with Crippen molar-refractivity contribution in [3.05, 3.63) is 192 Å². The van der Waals surface area contributed by atoms with Gasteiger partial charge in [0, 0.05) is 49.6 Å². The van der Waals surface area contributed by atoms with Crippen LogP contribution in [0.5, 0.6) is 0 Å². The van der Waals surface area contributed by atoms with E-state index in [0.29, 0.717) is 23.4 Å². The van der Waals surface area contributed by atoms with Crippen molar-refractivity contribution in [2.24, 2.45) is 5.92 Å². The summed E-state index contributed by atoms with van der Waals surface area (Å²) in [5.41, 5.74) is 15.9. The monoisotopic (exact) mass is 773 g/mol. The Balaban J connectivity index is 1.16. The molecule has 3 aromatic heterocycles. The fraction of sp³-hybridized carbons (Fsp3) is 0.109. The summed E-state index contributed by atoms with van der Waals surface area (Å²) in [4.78, 5) is 15.3. The summed E-state index contributed by atoms with van der Waals surface area (Å²) in [6, 6.07) is 54.9. The van der Waals surface area contributed by atoms with Crippen LogP contribution < -0.4 is 0 Å². The molecule has 60 heavy (non-hydrogen) atoms. The molecule has 0 fully saturated rings. The van der Waals surface area contributed by atoms with Crippen LogP contribution in [0.2, 0.25) is 0 Å². The van der Waals surface area contributed by atoms with Crippen LogP contribution in [0.3, 0.4) is 0 Å². The van der Waals surface area contributed by atoms with E-state index in [4.69, 9.17) is 15.0 Å². The zero-order valence-electron chi connectivity index (χ0n) is 34.2. The van der Waals surface area contributed by atoms with Crippen LogP contribution in [0, 0.1) is 26.7 Å². The minimum atomic E-state index is 0.415. The molecule has 0 saturated carbocycles. The van der Waals surface area contributed by atoms with Gasteiger partial charge in [0.2, 0.25) is 0 Å². The standard InChI is InChI=1S/C55H43N5/c1-34-13-11-16-39(29-34)54-56-53(38-14-7-5-8-15-38)57-55(58-54)40-24-23-37(4)44(32-40)43-19-12-20-51-52(43)47-33-42(25-28-50(47)59(51)41-17-9-6-10-18-41)60-48-26-21-35(2)30-45(48)46-31-36(3)22-27-49(46)60/h5-12,14-34H,13H2,1-4H3. The van der Waals surface area contributed by atoms with Crippen LogP contribution in [-0.4, -0.2) is 24.1 Å². The highest BCUT2D eigenvalue weighted by molar-refractivity contribution is 6.17. The van der Waals surface area contributed by atoms with Gasteiger partial charge in [0.05, 0.1) is 22.1 Å². The van der Waals surface area contributed by atoms with Gasteiger partial charge in [-0.15, -0.1) is 0 Å². The zero-order chi connectivity index (χ0) is 40.5. The molecule has 3 heterocycles. The fourth-order valence-electron chi connectivity index (χ4n) is 9.20. The minimum Gasteiger partial charge on any atom is -0.309 e. The van der Waals surface area contributed by atoms with Gasteiger partial charge in [-0.1, -0.05) is 121 Å². The summed E-state index contributed by atoms with van der Waals surface area (Å²) in [5.74, 6) is 2.44. The summed E-state index contributed by atoms with van der Waals surface area (Å²) >= 11 is 0. The van der Waals surface area contributed by atoms with E-state index in [2.05, 4.69) is 189 Å². The maximum absolute atomic E-state index is 5.16. The lowest BCUT2D eigenvalue weighted by atomic mass is 9.94. The minimum absolute atomic E-state index is 0.415. The fourth-order valence-corrected chi connectivity index (χ4v) is 9.20. The molecule has 288 valence electrons. The normalized spacial score (nSPS) is 14.1. The van der Waals surface area contributed by atoms with Crippen molar-refractivity contribution in [3.63, 3.8) is 0 Å². The van der Waals surface area contributed by atoms with E-state index in [-0.39, 0.29) is 0 Å². The molecule has 1 atom stereocenters. The average molecular weight is 774 g/mol. The van der Waals surface area contributed by atoms with E-state index in [1.54, 1.807) is 0 Å². The van der Waals surface area contributed by atoms with Gasteiger partial charge < -0.3 is 9.13 Å². The Kier molecular flexibility index (Phi) is 8.45. The first-order valence-corrected chi connectivity index (χ1v) is 20.8. The van der Waals surface area contributed by atoms with Gasteiger partial charge in [0.25, 0.3) is 0 Å². The third-order valence-corrected chi connectivity index (χ3v) is 12.1. The van der Waals surface area contributed by atoms with Crippen LogP contribution in [0.25, 0.3) is 94.5 Å². The molecular formula is C55H43N5. The highest BCUT2D eigenvalue weighted by Gasteiger charge is 2.21. The largest absolute Gasteiger partial charge is 0.309 e. The highest BCUT2D eigenvalue weighted by atomic mass is 15.0.